The molecule has 5 nitrogen and oxygen atoms in total. The average Bonchev–Trinajstić information content (AvgIpc) is 3.00. The van der Waals surface area contributed by atoms with Gasteiger partial charge in [-0.1, -0.05) is 35.7 Å². The van der Waals surface area contributed by atoms with Gasteiger partial charge < -0.3 is 15.6 Å². The number of hydrogen-bond acceptors (Lipinski definition) is 3. The Morgan fingerprint density at radius 3 is 2.75 bits per heavy atom. The minimum Gasteiger partial charge on any atom is -0.348 e. The number of rotatable bonds is 3. The lowest BCUT2D eigenvalue weighted by Crippen LogP contribution is -2.29. The van der Waals surface area contributed by atoms with Crippen LogP contribution in [0.2, 0.25) is 0 Å². The van der Waals surface area contributed by atoms with E-state index >= 15 is 0 Å². The molecule has 1 amide bonds. The van der Waals surface area contributed by atoms with Crippen LogP contribution >= 0.6 is 0 Å². The summed E-state index contributed by atoms with van der Waals surface area (Å²) in [4.78, 5) is 25.8. The highest BCUT2D eigenvalue weighted by Gasteiger charge is 2.25. The van der Waals surface area contributed by atoms with Crippen LogP contribution in [-0.2, 0) is 13.1 Å². The number of carbonyl (C=O) groups excluding carboxylic acids is 1. The van der Waals surface area contributed by atoms with Gasteiger partial charge >= 0.3 is 0 Å². The van der Waals surface area contributed by atoms with Crippen molar-refractivity contribution in [3.05, 3.63) is 80.6 Å². The highest BCUT2D eigenvalue weighted by atomic mass is 16.2. The minimum atomic E-state index is -0.384. The van der Waals surface area contributed by atoms with Gasteiger partial charge in [-0.15, -0.1) is 5.92 Å². The van der Waals surface area contributed by atoms with Crippen molar-refractivity contribution >= 4 is 16.8 Å². The molecule has 4 rings (SSSR count). The van der Waals surface area contributed by atoms with E-state index in [1.54, 1.807) is 19.2 Å². The van der Waals surface area contributed by atoms with Crippen molar-refractivity contribution < 1.29 is 4.79 Å². The van der Waals surface area contributed by atoms with Crippen LogP contribution in [0, 0.1) is 18.8 Å². The van der Waals surface area contributed by atoms with E-state index in [-0.39, 0.29) is 22.9 Å². The molecule has 0 saturated carbocycles. The highest BCUT2D eigenvalue weighted by Crippen LogP contribution is 2.31. The number of aromatic nitrogens is 1. The predicted molar refractivity (Wildman–Crippen MR) is 110 cm³/mol. The Morgan fingerprint density at radius 2 is 2.04 bits per heavy atom. The summed E-state index contributed by atoms with van der Waals surface area (Å²) in [5.74, 6) is 5.46. The van der Waals surface area contributed by atoms with Gasteiger partial charge in [-0.25, -0.2) is 0 Å². The van der Waals surface area contributed by atoms with Crippen LogP contribution in [0.3, 0.4) is 0 Å². The van der Waals surface area contributed by atoms with Crippen molar-refractivity contribution in [3.8, 4) is 11.8 Å². The first kappa shape index (κ1) is 18.0. The van der Waals surface area contributed by atoms with Gasteiger partial charge in [0, 0.05) is 36.3 Å². The van der Waals surface area contributed by atoms with Gasteiger partial charge in [-0.05, 0) is 37.1 Å². The third kappa shape index (κ3) is 3.08. The van der Waals surface area contributed by atoms with Gasteiger partial charge in [0.25, 0.3) is 5.91 Å². The number of amides is 1. The summed E-state index contributed by atoms with van der Waals surface area (Å²) < 4.78 is 1.90. The third-order valence-corrected chi connectivity index (χ3v) is 5.08. The molecular weight excluding hydrogens is 350 g/mol. The fourth-order valence-corrected chi connectivity index (χ4v) is 3.67. The number of pyridine rings is 1. The monoisotopic (exact) mass is 371 g/mol. The number of nitrogens with one attached hydrogen (secondary N) is 1. The highest BCUT2D eigenvalue weighted by molar-refractivity contribution is 5.98. The molecule has 5 heteroatoms. The van der Waals surface area contributed by atoms with Gasteiger partial charge in [0.2, 0.25) is 5.43 Å². The SMILES string of the molecule is CC#Cc1cc2c3c(c1)c(=O)c(C(=O)NCc1ccc(C)cc1)cn3CC2N. The fraction of sp³-hybridized carbons (Fsp3) is 0.217. The second-order valence-electron chi connectivity index (χ2n) is 7.14. The van der Waals surface area contributed by atoms with Gasteiger partial charge in [-0.2, -0.15) is 0 Å². The van der Waals surface area contributed by atoms with Crippen LogP contribution in [0.5, 0.6) is 0 Å². The Labute approximate surface area is 163 Å². The Kier molecular flexibility index (Phi) is 4.50. The molecule has 1 unspecified atom stereocenters. The van der Waals surface area contributed by atoms with Gasteiger partial charge in [0.05, 0.1) is 5.52 Å². The molecule has 3 aromatic rings. The molecule has 0 spiro atoms. The van der Waals surface area contributed by atoms with Crippen LogP contribution in [-0.4, -0.2) is 10.5 Å². The van der Waals surface area contributed by atoms with Crippen LogP contribution in [0.1, 0.15) is 45.6 Å². The molecule has 140 valence electrons. The summed E-state index contributed by atoms with van der Waals surface area (Å²) in [5, 5.41) is 3.34. The summed E-state index contributed by atoms with van der Waals surface area (Å²) in [6.07, 6.45) is 1.62. The zero-order chi connectivity index (χ0) is 19.8. The van der Waals surface area contributed by atoms with Gasteiger partial charge in [0.15, 0.2) is 0 Å². The molecule has 0 aliphatic carbocycles. The van der Waals surface area contributed by atoms with Gasteiger partial charge in [-0.3, -0.25) is 9.59 Å². The molecule has 1 aromatic heterocycles. The summed E-state index contributed by atoms with van der Waals surface area (Å²) >= 11 is 0. The van der Waals surface area contributed by atoms with Crippen LogP contribution in [0.25, 0.3) is 10.9 Å². The zero-order valence-corrected chi connectivity index (χ0v) is 15.9. The molecule has 1 aliphatic heterocycles. The molecule has 28 heavy (non-hydrogen) atoms. The molecule has 0 radical (unpaired) electrons. The summed E-state index contributed by atoms with van der Waals surface area (Å²) in [5.41, 5.74) is 10.7. The van der Waals surface area contributed by atoms with Crippen molar-refractivity contribution in [3.63, 3.8) is 0 Å². The molecule has 2 aromatic carbocycles. The van der Waals surface area contributed by atoms with E-state index in [1.807, 2.05) is 41.8 Å². The topological polar surface area (TPSA) is 77.1 Å². The van der Waals surface area contributed by atoms with Crippen LogP contribution in [0.4, 0.5) is 0 Å². The van der Waals surface area contributed by atoms with E-state index < -0.39 is 0 Å². The van der Waals surface area contributed by atoms with Crippen molar-refractivity contribution in [2.24, 2.45) is 5.73 Å². The van der Waals surface area contributed by atoms with E-state index in [2.05, 4.69) is 17.2 Å². The summed E-state index contributed by atoms with van der Waals surface area (Å²) in [7, 11) is 0. The van der Waals surface area contributed by atoms with E-state index in [0.29, 0.717) is 18.5 Å². The predicted octanol–water partition coefficient (Wildman–Crippen LogP) is 2.62. The molecular formula is C23H21N3O2. The number of nitrogens with two attached hydrogens (primary N) is 1. The Bertz CT molecular complexity index is 1210. The quantitative estimate of drug-likeness (QED) is 0.695. The van der Waals surface area contributed by atoms with Crippen LogP contribution < -0.4 is 16.5 Å². The van der Waals surface area contributed by atoms with E-state index in [0.717, 1.165) is 27.8 Å². The second kappa shape index (κ2) is 6.99. The maximum atomic E-state index is 13.1. The zero-order valence-electron chi connectivity index (χ0n) is 15.9. The molecule has 1 atom stereocenters. The average molecular weight is 371 g/mol. The lowest BCUT2D eigenvalue weighted by molar-refractivity contribution is 0.0949. The molecule has 0 bridgehead atoms. The number of nitrogens with zero attached hydrogens (tertiary/aromatic N) is 1. The van der Waals surface area contributed by atoms with Crippen LogP contribution in [0.15, 0.2) is 47.4 Å². The molecule has 2 heterocycles. The first-order valence-corrected chi connectivity index (χ1v) is 9.21. The van der Waals surface area contributed by atoms with E-state index in [9.17, 15) is 9.59 Å². The second-order valence-corrected chi connectivity index (χ2v) is 7.14. The minimum absolute atomic E-state index is 0.126. The fourth-order valence-electron chi connectivity index (χ4n) is 3.67. The first-order valence-electron chi connectivity index (χ1n) is 9.21. The lowest BCUT2D eigenvalue weighted by atomic mass is 10.0. The molecule has 1 aliphatic rings. The lowest BCUT2D eigenvalue weighted by Gasteiger charge is -2.10. The van der Waals surface area contributed by atoms with E-state index in [4.69, 9.17) is 5.73 Å². The molecule has 0 fully saturated rings. The van der Waals surface area contributed by atoms with Crippen molar-refractivity contribution in [1.82, 2.24) is 9.88 Å². The molecule has 3 N–H and O–H groups in total. The smallest absolute Gasteiger partial charge is 0.257 e. The molecule has 0 saturated heterocycles. The number of aryl methyl sites for hydroxylation is 1. The van der Waals surface area contributed by atoms with Gasteiger partial charge in [0.1, 0.15) is 5.56 Å². The Morgan fingerprint density at radius 1 is 1.29 bits per heavy atom. The van der Waals surface area contributed by atoms with Crippen molar-refractivity contribution in [2.45, 2.75) is 33.0 Å². The maximum Gasteiger partial charge on any atom is 0.257 e. The third-order valence-electron chi connectivity index (χ3n) is 5.08. The number of hydrogen-bond donors (Lipinski definition) is 2. The standard InChI is InChI=1S/C23H21N3O2/c1-3-4-16-9-17-20(24)13-26-12-19(22(27)18(10-16)21(17)26)23(28)25-11-15-7-5-14(2)6-8-15/h5-10,12,20H,11,13,24H2,1-2H3,(H,25,28). The first-order chi connectivity index (χ1) is 13.5. The van der Waals surface area contributed by atoms with Crippen molar-refractivity contribution in [2.75, 3.05) is 0 Å². The number of benzene rings is 2. The number of carbonyl (C=O) groups is 1. The maximum absolute atomic E-state index is 13.1. The Balaban J connectivity index is 1.73. The largest absolute Gasteiger partial charge is 0.348 e. The summed E-state index contributed by atoms with van der Waals surface area (Å²) in [6.45, 7) is 4.66. The summed E-state index contributed by atoms with van der Waals surface area (Å²) in [6, 6.07) is 11.4. The van der Waals surface area contributed by atoms with Crippen molar-refractivity contribution in [1.29, 1.82) is 0 Å². The Hall–Kier alpha value is -3.36. The normalized spacial score (nSPS) is 14.6. The van der Waals surface area contributed by atoms with E-state index in [1.165, 1.54) is 0 Å².